The monoisotopic (exact) mass is 312 g/mol. The van der Waals surface area contributed by atoms with Gasteiger partial charge in [-0.2, -0.15) is 0 Å². The summed E-state index contributed by atoms with van der Waals surface area (Å²) in [4.78, 5) is 12.4. The predicted octanol–water partition coefficient (Wildman–Crippen LogP) is 1.63. The molecule has 0 aliphatic carbocycles. The zero-order valence-corrected chi connectivity index (χ0v) is 13.6. The highest BCUT2D eigenvalue weighted by atomic mass is 32.2. The fraction of sp³-hybridized carbons (Fsp3) is 0.533. The molecule has 0 aliphatic rings. The molecule has 0 saturated heterocycles. The quantitative estimate of drug-likeness (QED) is 0.716. The van der Waals surface area contributed by atoms with Crippen LogP contribution in [0.25, 0.3) is 0 Å². The summed E-state index contributed by atoms with van der Waals surface area (Å²) < 4.78 is 11.3. The molecule has 3 atom stereocenters. The Morgan fingerprint density at radius 2 is 1.86 bits per heavy atom. The Morgan fingerprint density at radius 1 is 1.24 bits per heavy atom. The number of nitrogens with one attached hydrogen (secondary N) is 2. The van der Waals surface area contributed by atoms with Crippen LogP contribution in [0.1, 0.15) is 25.8 Å². The van der Waals surface area contributed by atoms with E-state index in [1.54, 1.807) is 25.3 Å². The first-order valence-corrected chi connectivity index (χ1v) is 8.56. The molecule has 0 saturated carbocycles. The van der Waals surface area contributed by atoms with E-state index >= 15 is 0 Å². The van der Waals surface area contributed by atoms with E-state index in [1.807, 2.05) is 19.1 Å². The lowest BCUT2D eigenvalue weighted by atomic mass is 10.1. The van der Waals surface area contributed by atoms with Gasteiger partial charge in [-0.05, 0) is 37.0 Å². The molecule has 1 rings (SSSR count). The van der Waals surface area contributed by atoms with Crippen LogP contribution in [-0.4, -0.2) is 34.3 Å². The molecule has 21 heavy (non-hydrogen) atoms. The molecule has 0 heterocycles. The van der Waals surface area contributed by atoms with Gasteiger partial charge in [0.2, 0.25) is 0 Å². The van der Waals surface area contributed by atoms with E-state index in [1.165, 1.54) is 0 Å². The summed E-state index contributed by atoms with van der Waals surface area (Å²) >= 11 is 0. The number of hydrogen-bond acceptors (Lipinski definition) is 3. The van der Waals surface area contributed by atoms with Crippen LogP contribution < -0.4 is 10.6 Å². The van der Waals surface area contributed by atoms with Gasteiger partial charge in [-0.25, -0.2) is 4.79 Å². The lowest BCUT2D eigenvalue weighted by molar-refractivity contribution is 0.163. The van der Waals surface area contributed by atoms with E-state index in [9.17, 15) is 14.1 Å². The van der Waals surface area contributed by atoms with Gasteiger partial charge in [0.15, 0.2) is 0 Å². The van der Waals surface area contributed by atoms with Gasteiger partial charge < -0.3 is 15.7 Å². The third kappa shape index (κ3) is 7.24. The number of aliphatic hydroxyl groups excluding tert-OH is 1. The van der Waals surface area contributed by atoms with Crippen molar-refractivity contribution in [1.29, 1.82) is 0 Å². The maximum atomic E-state index is 11.6. The van der Waals surface area contributed by atoms with E-state index in [0.717, 1.165) is 10.5 Å². The summed E-state index contributed by atoms with van der Waals surface area (Å²) in [7, 11) is -0.983. The molecule has 0 fully saturated rings. The van der Waals surface area contributed by atoms with Crippen molar-refractivity contribution in [2.45, 2.75) is 37.8 Å². The maximum absolute atomic E-state index is 11.6. The molecule has 0 aliphatic heterocycles. The van der Waals surface area contributed by atoms with Crippen molar-refractivity contribution in [1.82, 2.24) is 10.6 Å². The van der Waals surface area contributed by atoms with Gasteiger partial charge in [-0.1, -0.05) is 19.1 Å². The molecule has 2 amide bonds. The fourth-order valence-electron chi connectivity index (χ4n) is 1.98. The number of amides is 2. The topological polar surface area (TPSA) is 78.4 Å². The molecular weight excluding hydrogens is 288 g/mol. The van der Waals surface area contributed by atoms with Gasteiger partial charge >= 0.3 is 6.03 Å². The molecule has 0 radical (unpaired) electrons. The molecule has 5 nitrogen and oxygen atoms in total. The Kier molecular flexibility index (Phi) is 7.39. The Morgan fingerprint density at radius 3 is 2.38 bits per heavy atom. The maximum Gasteiger partial charge on any atom is 0.315 e. The molecule has 1 aromatic carbocycles. The van der Waals surface area contributed by atoms with Crippen LogP contribution in [0.4, 0.5) is 4.79 Å². The van der Waals surface area contributed by atoms with E-state index in [-0.39, 0.29) is 18.1 Å². The molecule has 0 bridgehead atoms. The smallest absolute Gasteiger partial charge is 0.315 e. The highest BCUT2D eigenvalue weighted by Gasteiger charge is 2.08. The summed E-state index contributed by atoms with van der Waals surface area (Å²) in [6.07, 6.45) is 1.94. The van der Waals surface area contributed by atoms with E-state index in [2.05, 4.69) is 10.6 Å². The predicted molar refractivity (Wildman–Crippen MR) is 84.5 cm³/mol. The van der Waals surface area contributed by atoms with Gasteiger partial charge in [0, 0.05) is 35.0 Å². The number of benzene rings is 1. The zero-order valence-electron chi connectivity index (χ0n) is 12.8. The number of carbonyl (C=O) groups is 1. The minimum atomic E-state index is -0.983. The first-order valence-electron chi connectivity index (χ1n) is 7.00. The first-order chi connectivity index (χ1) is 9.88. The summed E-state index contributed by atoms with van der Waals surface area (Å²) in [6, 6.07) is 7.08. The van der Waals surface area contributed by atoms with Crippen molar-refractivity contribution in [2.75, 3.05) is 12.8 Å². The van der Waals surface area contributed by atoms with Crippen LogP contribution in [0.2, 0.25) is 0 Å². The average Bonchev–Trinajstić information content (AvgIpc) is 2.42. The zero-order chi connectivity index (χ0) is 15.8. The van der Waals surface area contributed by atoms with Crippen molar-refractivity contribution in [2.24, 2.45) is 5.92 Å². The lowest BCUT2D eigenvalue weighted by Crippen LogP contribution is -2.37. The summed E-state index contributed by atoms with van der Waals surface area (Å²) in [5.74, 6) is 0.231. The van der Waals surface area contributed by atoms with Crippen LogP contribution in [0.3, 0.4) is 0 Å². The Bertz CT molecular complexity index is 474. The SMILES string of the molecule is CC(O)CC(C)CNC(=O)NCc1ccc(S(C)=O)cc1. The highest BCUT2D eigenvalue weighted by Crippen LogP contribution is 2.07. The molecule has 3 N–H and O–H groups in total. The third-order valence-corrected chi connectivity index (χ3v) is 4.00. The van der Waals surface area contributed by atoms with Gasteiger partial charge in [0.1, 0.15) is 0 Å². The second kappa shape index (κ2) is 8.79. The van der Waals surface area contributed by atoms with Crippen LogP contribution in [0.5, 0.6) is 0 Å². The molecule has 3 unspecified atom stereocenters. The first kappa shape index (κ1) is 17.7. The van der Waals surface area contributed by atoms with Crippen LogP contribution in [-0.2, 0) is 17.3 Å². The second-order valence-electron chi connectivity index (χ2n) is 5.35. The second-order valence-corrected chi connectivity index (χ2v) is 6.73. The Balaban J connectivity index is 2.31. The minimum Gasteiger partial charge on any atom is -0.393 e. The number of urea groups is 1. The molecular formula is C15H24N2O3S. The van der Waals surface area contributed by atoms with Gasteiger partial charge in [0.05, 0.1) is 6.10 Å². The average molecular weight is 312 g/mol. The third-order valence-electron chi connectivity index (χ3n) is 3.06. The number of aliphatic hydroxyl groups is 1. The van der Waals surface area contributed by atoms with Crippen molar-refractivity contribution >= 4 is 16.8 Å². The van der Waals surface area contributed by atoms with Crippen LogP contribution >= 0.6 is 0 Å². The van der Waals surface area contributed by atoms with Gasteiger partial charge in [-0.15, -0.1) is 0 Å². The molecule has 1 aromatic rings. The number of hydrogen-bond donors (Lipinski definition) is 3. The summed E-state index contributed by atoms with van der Waals surface area (Å²) in [5, 5.41) is 14.8. The molecule has 0 aromatic heterocycles. The van der Waals surface area contributed by atoms with Crippen molar-refractivity contribution < 1.29 is 14.1 Å². The van der Waals surface area contributed by atoms with Crippen molar-refractivity contribution in [3.8, 4) is 0 Å². The number of rotatable bonds is 7. The summed E-state index contributed by atoms with van der Waals surface area (Å²) in [6.45, 7) is 4.68. The van der Waals surface area contributed by atoms with Gasteiger partial charge in [-0.3, -0.25) is 4.21 Å². The van der Waals surface area contributed by atoms with Crippen LogP contribution in [0.15, 0.2) is 29.2 Å². The van der Waals surface area contributed by atoms with Crippen LogP contribution in [0, 0.1) is 5.92 Å². The molecule has 0 spiro atoms. The van der Waals surface area contributed by atoms with Crippen molar-refractivity contribution in [3.63, 3.8) is 0 Å². The Labute approximate surface area is 128 Å². The highest BCUT2D eigenvalue weighted by molar-refractivity contribution is 7.84. The van der Waals surface area contributed by atoms with E-state index in [0.29, 0.717) is 19.5 Å². The minimum absolute atomic E-state index is 0.226. The van der Waals surface area contributed by atoms with E-state index < -0.39 is 10.8 Å². The summed E-state index contributed by atoms with van der Waals surface area (Å²) in [5.41, 5.74) is 0.955. The normalized spacial score (nSPS) is 15.0. The molecule has 6 heteroatoms. The standard InChI is InChI=1S/C15H24N2O3S/c1-11(8-12(2)18)9-16-15(19)17-10-13-4-6-14(7-5-13)21(3)20/h4-7,11-12,18H,8-10H2,1-3H3,(H2,16,17,19). The van der Waals surface area contributed by atoms with Crippen molar-refractivity contribution in [3.05, 3.63) is 29.8 Å². The van der Waals surface area contributed by atoms with E-state index in [4.69, 9.17) is 0 Å². The number of carbonyl (C=O) groups excluding carboxylic acids is 1. The lowest BCUT2D eigenvalue weighted by Gasteiger charge is -2.14. The Hall–Kier alpha value is -1.40. The van der Waals surface area contributed by atoms with Gasteiger partial charge in [0.25, 0.3) is 0 Å². The largest absolute Gasteiger partial charge is 0.393 e. The fourth-order valence-corrected chi connectivity index (χ4v) is 2.50. The molecule has 118 valence electrons.